The summed E-state index contributed by atoms with van der Waals surface area (Å²) in [6, 6.07) is 9.94. The van der Waals surface area contributed by atoms with Crippen molar-refractivity contribution in [1.82, 2.24) is 4.98 Å². The molecule has 0 saturated carbocycles. The summed E-state index contributed by atoms with van der Waals surface area (Å²) in [4.78, 5) is 29.4. The standard InChI is InChI=1S/C21H15ClF3N3O2/c1-12(29)28(18-4-2-3-17(24)21(18)25)19-11-15(7-8-26-19)27-20(30)9-13-5-6-14(23)10-16(13)22/h2-8,10-11H,9H2,1H3,(H,26,27,30). The second-order valence-electron chi connectivity index (χ2n) is 6.29. The van der Waals surface area contributed by atoms with Gasteiger partial charge in [0.15, 0.2) is 11.6 Å². The van der Waals surface area contributed by atoms with Crippen LogP contribution in [-0.2, 0) is 16.0 Å². The smallest absolute Gasteiger partial charge is 0.229 e. The molecule has 1 heterocycles. The van der Waals surface area contributed by atoms with E-state index < -0.39 is 29.3 Å². The van der Waals surface area contributed by atoms with Gasteiger partial charge in [-0.25, -0.2) is 18.2 Å². The van der Waals surface area contributed by atoms with Crippen LogP contribution in [0.4, 0.5) is 30.4 Å². The maximum absolute atomic E-state index is 14.2. The molecule has 2 aromatic carbocycles. The highest BCUT2D eigenvalue weighted by Crippen LogP contribution is 2.29. The third-order valence-corrected chi connectivity index (χ3v) is 4.46. The fourth-order valence-electron chi connectivity index (χ4n) is 2.78. The van der Waals surface area contributed by atoms with Crippen molar-refractivity contribution in [3.63, 3.8) is 0 Å². The Balaban J connectivity index is 1.84. The SMILES string of the molecule is CC(=O)N(c1cc(NC(=O)Cc2ccc(F)cc2Cl)ccn1)c1cccc(F)c1F. The van der Waals surface area contributed by atoms with Crippen LogP contribution in [0.15, 0.2) is 54.7 Å². The third-order valence-electron chi connectivity index (χ3n) is 4.11. The molecule has 0 saturated heterocycles. The Morgan fingerprint density at radius 2 is 1.87 bits per heavy atom. The summed E-state index contributed by atoms with van der Waals surface area (Å²) in [5.41, 5.74) is 0.389. The molecule has 1 N–H and O–H groups in total. The van der Waals surface area contributed by atoms with E-state index in [2.05, 4.69) is 10.3 Å². The number of hydrogen-bond acceptors (Lipinski definition) is 3. The molecule has 0 atom stereocenters. The number of nitrogens with zero attached hydrogens (tertiary/aromatic N) is 2. The second-order valence-corrected chi connectivity index (χ2v) is 6.70. The number of aromatic nitrogens is 1. The molecule has 30 heavy (non-hydrogen) atoms. The van der Waals surface area contributed by atoms with Gasteiger partial charge in [0.05, 0.1) is 12.1 Å². The van der Waals surface area contributed by atoms with Crippen molar-refractivity contribution in [3.8, 4) is 0 Å². The molecule has 9 heteroatoms. The molecule has 0 aliphatic rings. The predicted molar refractivity (Wildman–Crippen MR) is 107 cm³/mol. The molecule has 0 spiro atoms. The normalized spacial score (nSPS) is 10.6. The van der Waals surface area contributed by atoms with Crippen molar-refractivity contribution < 1.29 is 22.8 Å². The van der Waals surface area contributed by atoms with Gasteiger partial charge in [0.2, 0.25) is 11.8 Å². The third kappa shape index (κ3) is 4.77. The molecule has 0 radical (unpaired) electrons. The minimum absolute atomic E-state index is 0.00962. The highest BCUT2D eigenvalue weighted by molar-refractivity contribution is 6.31. The number of rotatable bonds is 5. The molecule has 3 aromatic rings. The van der Waals surface area contributed by atoms with Gasteiger partial charge in [-0.05, 0) is 35.9 Å². The van der Waals surface area contributed by atoms with Crippen LogP contribution in [0.3, 0.4) is 0 Å². The Kier molecular flexibility index (Phi) is 6.37. The van der Waals surface area contributed by atoms with Gasteiger partial charge in [0.1, 0.15) is 11.6 Å². The summed E-state index contributed by atoms with van der Waals surface area (Å²) < 4.78 is 41.0. The first-order valence-electron chi connectivity index (χ1n) is 8.71. The van der Waals surface area contributed by atoms with Crippen LogP contribution in [0.5, 0.6) is 0 Å². The summed E-state index contributed by atoms with van der Waals surface area (Å²) in [6.07, 6.45) is 1.19. The first-order valence-corrected chi connectivity index (χ1v) is 9.08. The Bertz CT molecular complexity index is 1120. The van der Waals surface area contributed by atoms with Crippen molar-refractivity contribution in [2.45, 2.75) is 13.3 Å². The maximum atomic E-state index is 14.2. The van der Waals surface area contributed by atoms with E-state index in [0.717, 1.165) is 17.0 Å². The van der Waals surface area contributed by atoms with Gasteiger partial charge in [-0.1, -0.05) is 23.7 Å². The first-order chi connectivity index (χ1) is 14.3. The van der Waals surface area contributed by atoms with Gasteiger partial charge in [0.25, 0.3) is 0 Å². The lowest BCUT2D eigenvalue weighted by molar-refractivity contribution is -0.116. The Morgan fingerprint density at radius 3 is 2.57 bits per heavy atom. The van der Waals surface area contributed by atoms with E-state index in [-0.39, 0.29) is 28.6 Å². The van der Waals surface area contributed by atoms with E-state index >= 15 is 0 Å². The van der Waals surface area contributed by atoms with Crippen LogP contribution in [0.25, 0.3) is 0 Å². The van der Waals surface area contributed by atoms with E-state index in [1.807, 2.05) is 0 Å². The Labute approximate surface area is 175 Å². The number of benzene rings is 2. The molecule has 2 amide bonds. The first kappa shape index (κ1) is 21.3. The summed E-state index contributed by atoms with van der Waals surface area (Å²) >= 11 is 5.93. The molecule has 0 fully saturated rings. The minimum atomic E-state index is -1.20. The van der Waals surface area contributed by atoms with Crippen LogP contribution in [-0.4, -0.2) is 16.8 Å². The fraction of sp³-hybridized carbons (Fsp3) is 0.0952. The van der Waals surface area contributed by atoms with E-state index in [9.17, 15) is 22.8 Å². The quantitative estimate of drug-likeness (QED) is 0.614. The number of nitrogens with one attached hydrogen (secondary N) is 1. The van der Waals surface area contributed by atoms with Crippen molar-refractivity contribution in [3.05, 3.63) is 82.8 Å². The molecular weight excluding hydrogens is 419 g/mol. The number of anilines is 3. The van der Waals surface area contributed by atoms with Crippen LogP contribution in [0, 0.1) is 17.5 Å². The van der Waals surface area contributed by atoms with Gasteiger partial charge in [-0.15, -0.1) is 0 Å². The molecule has 0 aliphatic heterocycles. The number of amides is 2. The van der Waals surface area contributed by atoms with E-state index in [1.54, 1.807) is 0 Å². The molecule has 0 bridgehead atoms. The summed E-state index contributed by atoms with van der Waals surface area (Å²) in [6.45, 7) is 1.17. The molecule has 154 valence electrons. The number of carbonyl (C=O) groups is 2. The molecule has 1 aromatic heterocycles. The number of halogens is 4. The van der Waals surface area contributed by atoms with Gasteiger partial charge in [-0.3, -0.25) is 14.5 Å². The highest BCUT2D eigenvalue weighted by Gasteiger charge is 2.21. The number of pyridine rings is 1. The lowest BCUT2D eigenvalue weighted by Crippen LogP contribution is -2.25. The van der Waals surface area contributed by atoms with E-state index in [0.29, 0.717) is 5.56 Å². The second kappa shape index (κ2) is 8.96. The van der Waals surface area contributed by atoms with Crippen molar-refractivity contribution in [1.29, 1.82) is 0 Å². The Hall–Kier alpha value is -3.39. The van der Waals surface area contributed by atoms with Crippen LogP contribution in [0.1, 0.15) is 12.5 Å². The molecule has 0 unspecified atom stereocenters. The van der Waals surface area contributed by atoms with Crippen LogP contribution >= 0.6 is 11.6 Å². The van der Waals surface area contributed by atoms with Crippen LogP contribution < -0.4 is 10.2 Å². The molecular formula is C21H15ClF3N3O2. The number of carbonyl (C=O) groups excluding carboxylic acids is 2. The minimum Gasteiger partial charge on any atom is -0.326 e. The zero-order valence-corrected chi connectivity index (χ0v) is 16.4. The molecule has 3 rings (SSSR count). The monoisotopic (exact) mass is 433 g/mol. The van der Waals surface area contributed by atoms with Crippen molar-refractivity contribution >= 4 is 40.6 Å². The summed E-state index contributed by atoms with van der Waals surface area (Å²) in [5, 5.41) is 2.72. The largest absolute Gasteiger partial charge is 0.326 e. The number of hydrogen-bond donors (Lipinski definition) is 1. The van der Waals surface area contributed by atoms with E-state index in [1.165, 1.54) is 49.5 Å². The summed E-state index contributed by atoms with van der Waals surface area (Å²) in [7, 11) is 0. The van der Waals surface area contributed by atoms with Crippen LogP contribution in [0.2, 0.25) is 5.02 Å². The fourth-order valence-corrected chi connectivity index (χ4v) is 3.02. The maximum Gasteiger partial charge on any atom is 0.229 e. The van der Waals surface area contributed by atoms with Crippen molar-refractivity contribution in [2.75, 3.05) is 10.2 Å². The topological polar surface area (TPSA) is 62.3 Å². The zero-order chi connectivity index (χ0) is 21.8. The molecule has 0 aliphatic carbocycles. The lowest BCUT2D eigenvalue weighted by atomic mass is 10.1. The van der Waals surface area contributed by atoms with Gasteiger partial charge in [-0.2, -0.15) is 0 Å². The van der Waals surface area contributed by atoms with Gasteiger partial charge < -0.3 is 5.32 Å². The zero-order valence-electron chi connectivity index (χ0n) is 15.6. The predicted octanol–water partition coefficient (Wildman–Crippen LogP) is 5.02. The van der Waals surface area contributed by atoms with Gasteiger partial charge in [0, 0.05) is 29.9 Å². The van der Waals surface area contributed by atoms with E-state index in [4.69, 9.17) is 11.6 Å². The highest BCUT2D eigenvalue weighted by atomic mass is 35.5. The Morgan fingerprint density at radius 1 is 1.10 bits per heavy atom. The summed E-state index contributed by atoms with van der Waals surface area (Å²) in [5.74, 6) is -3.89. The van der Waals surface area contributed by atoms with Crippen molar-refractivity contribution in [2.24, 2.45) is 0 Å². The van der Waals surface area contributed by atoms with Gasteiger partial charge >= 0.3 is 0 Å². The molecule has 5 nitrogen and oxygen atoms in total. The average Bonchev–Trinajstić information content (AvgIpc) is 2.68. The average molecular weight is 434 g/mol. The lowest BCUT2D eigenvalue weighted by Gasteiger charge is -2.21.